The van der Waals surface area contributed by atoms with Crippen molar-refractivity contribution < 1.29 is 9.59 Å². The molecule has 0 unspecified atom stereocenters. The quantitative estimate of drug-likeness (QED) is 0.307. The van der Waals surface area contributed by atoms with Crippen LogP contribution in [0.1, 0.15) is 43.0 Å². The highest BCUT2D eigenvalue weighted by molar-refractivity contribution is 8.03. The van der Waals surface area contributed by atoms with Gasteiger partial charge in [0.2, 0.25) is 5.91 Å². The van der Waals surface area contributed by atoms with Gasteiger partial charge in [-0.1, -0.05) is 62.0 Å². The van der Waals surface area contributed by atoms with Crippen molar-refractivity contribution in [3.05, 3.63) is 104 Å². The molecule has 1 atom stereocenters. The van der Waals surface area contributed by atoms with Gasteiger partial charge in [-0.3, -0.25) is 9.59 Å². The van der Waals surface area contributed by atoms with E-state index in [1.54, 1.807) is 0 Å². The lowest BCUT2D eigenvalue weighted by Gasteiger charge is -2.29. The number of hydrogen-bond donors (Lipinski definition) is 3. The molecule has 2 amide bonds. The van der Waals surface area contributed by atoms with Crippen LogP contribution in [0.5, 0.6) is 0 Å². The van der Waals surface area contributed by atoms with Crippen LogP contribution >= 0.6 is 23.1 Å². The molecule has 0 bridgehead atoms. The van der Waals surface area contributed by atoms with Crippen LogP contribution in [0.4, 0.5) is 11.4 Å². The van der Waals surface area contributed by atoms with Crippen LogP contribution < -0.4 is 16.0 Å². The van der Waals surface area contributed by atoms with Gasteiger partial charge in [-0.25, -0.2) is 0 Å². The summed E-state index contributed by atoms with van der Waals surface area (Å²) >= 11 is 2.75. The van der Waals surface area contributed by atoms with Crippen molar-refractivity contribution in [1.29, 1.82) is 5.26 Å². The number of benzene rings is 2. The van der Waals surface area contributed by atoms with Gasteiger partial charge in [0.25, 0.3) is 5.91 Å². The van der Waals surface area contributed by atoms with Crippen LogP contribution in [0.3, 0.4) is 0 Å². The number of amides is 2. The molecule has 0 radical (unpaired) electrons. The minimum absolute atomic E-state index is 0.120. The molecule has 6 nitrogen and oxygen atoms in total. The third-order valence-electron chi connectivity index (χ3n) is 5.96. The Morgan fingerprint density at radius 1 is 1.03 bits per heavy atom. The van der Waals surface area contributed by atoms with Crippen LogP contribution in [-0.4, -0.2) is 17.6 Å². The van der Waals surface area contributed by atoms with E-state index < -0.39 is 5.92 Å². The predicted molar refractivity (Wildman–Crippen MR) is 152 cm³/mol. The lowest BCUT2D eigenvalue weighted by Crippen LogP contribution is -2.30. The van der Waals surface area contributed by atoms with Gasteiger partial charge in [-0.05, 0) is 54.1 Å². The van der Waals surface area contributed by atoms with Gasteiger partial charge in [0.1, 0.15) is 0 Å². The molecular formula is C29H28N4O2S2. The topological polar surface area (TPSA) is 94.0 Å². The number of dihydropyridines is 1. The maximum Gasteiger partial charge on any atom is 0.254 e. The Balaban J connectivity index is 1.53. The molecule has 1 aliphatic heterocycles. The molecule has 1 aliphatic rings. The largest absolute Gasteiger partial charge is 0.353 e. The molecule has 37 heavy (non-hydrogen) atoms. The molecule has 8 heteroatoms. The van der Waals surface area contributed by atoms with Gasteiger partial charge < -0.3 is 16.0 Å². The molecule has 1 aromatic heterocycles. The monoisotopic (exact) mass is 528 g/mol. The third-order valence-corrected chi connectivity index (χ3v) is 7.91. The summed E-state index contributed by atoms with van der Waals surface area (Å²) in [5, 5.41) is 21.8. The van der Waals surface area contributed by atoms with E-state index in [1.807, 2.05) is 79.0 Å². The summed E-state index contributed by atoms with van der Waals surface area (Å²) in [5.41, 5.74) is 4.17. The molecule has 0 aliphatic carbocycles. The van der Waals surface area contributed by atoms with E-state index in [4.69, 9.17) is 0 Å². The number of thioether (sulfide) groups is 1. The number of carbonyl (C=O) groups is 2. The Bertz CT molecular complexity index is 1370. The Hall–Kier alpha value is -3.80. The molecule has 2 heterocycles. The maximum absolute atomic E-state index is 13.4. The van der Waals surface area contributed by atoms with Crippen molar-refractivity contribution >= 4 is 46.3 Å². The van der Waals surface area contributed by atoms with Gasteiger partial charge >= 0.3 is 0 Å². The normalized spacial score (nSPS) is 15.3. The smallest absolute Gasteiger partial charge is 0.254 e. The summed E-state index contributed by atoms with van der Waals surface area (Å²) in [6, 6.07) is 23.2. The molecule has 188 valence electrons. The Kier molecular flexibility index (Phi) is 8.49. The second kappa shape index (κ2) is 12.0. The van der Waals surface area contributed by atoms with Crippen molar-refractivity contribution in [3.63, 3.8) is 0 Å². The summed E-state index contributed by atoms with van der Waals surface area (Å²) in [7, 11) is 0. The number of nitriles is 1. The third kappa shape index (κ3) is 6.31. The lowest BCUT2D eigenvalue weighted by molar-refractivity contribution is -0.114. The summed E-state index contributed by atoms with van der Waals surface area (Å²) in [5.74, 6) is -0.426. The van der Waals surface area contributed by atoms with E-state index in [0.29, 0.717) is 33.5 Å². The predicted octanol–water partition coefficient (Wildman–Crippen LogP) is 6.58. The first-order valence-electron chi connectivity index (χ1n) is 11.9. The summed E-state index contributed by atoms with van der Waals surface area (Å²) in [6.45, 7) is 6.07. The number of anilines is 2. The first-order valence-corrected chi connectivity index (χ1v) is 13.8. The Morgan fingerprint density at radius 2 is 1.73 bits per heavy atom. The van der Waals surface area contributed by atoms with Crippen molar-refractivity contribution in [2.24, 2.45) is 0 Å². The average Bonchev–Trinajstić information content (AvgIpc) is 3.42. The lowest BCUT2D eigenvalue weighted by atomic mass is 9.86. The fourth-order valence-electron chi connectivity index (χ4n) is 4.07. The second-order valence-corrected chi connectivity index (χ2v) is 10.9. The first-order chi connectivity index (χ1) is 17.9. The van der Waals surface area contributed by atoms with Crippen LogP contribution in [0.25, 0.3) is 0 Å². The van der Waals surface area contributed by atoms with E-state index in [1.165, 1.54) is 28.7 Å². The van der Waals surface area contributed by atoms with Crippen molar-refractivity contribution in [3.8, 4) is 6.07 Å². The van der Waals surface area contributed by atoms with E-state index in [-0.39, 0.29) is 17.6 Å². The van der Waals surface area contributed by atoms with Crippen LogP contribution in [-0.2, 0) is 9.59 Å². The molecule has 4 rings (SSSR count). The molecule has 0 saturated carbocycles. The fraction of sp³-hybridized carbons (Fsp3) is 0.207. The minimum atomic E-state index is -0.524. The minimum Gasteiger partial charge on any atom is -0.353 e. The standard InChI is InChI=1S/C29H28N4O2S2/c1-18(2)20-11-13-22(14-12-20)32-25(34)17-37-29-23(16-30)27(24-10-7-15-36-24)26(19(3)31-29)28(35)33-21-8-5-4-6-9-21/h4-15,18,27,31H,17H2,1-3H3,(H,32,34)(H,33,35)/t27-/m1/s1. The second-order valence-electron chi connectivity index (χ2n) is 8.90. The number of hydrogen-bond acceptors (Lipinski definition) is 6. The van der Waals surface area contributed by atoms with E-state index >= 15 is 0 Å². The number of thiophene rings is 1. The SMILES string of the molecule is CC1=C(C(=O)Nc2ccccc2)[C@@H](c2cccs2)C(C#N)=C(SCC(=O)Nc2ccc(C(C)C)cc2)N1. The van der Waals surface area contributed by atoms with Crippen molar-refractivity contribution in [2.45, 2.75) is 32.6 Å². The molecule has 0 saturated heterocycles. The zero-order valence-electron chi connectivity index (χ0n) is 20.9. The highest BCUT2D eigenvalue weighted by atomic mass is 32.2. The molecule has 0 spiro atoms. The van der Waals surface area contributed by atoms with E-state index in [0.717, 1.165) is 10.6 Å². The maximum atomic E-state index is 13.4. The number of rotatable bonds is 8. The van der Waals surface area contributed by atoms with Crippen LogP contribution in [0, 0.1) is 11.3 Å². The van der Waals surface area contributed by atoms with Gasteiger partial charge in [0.15, 0.2) is 0 Å². The molecule has 0 fully saturated rings. The fourth-order valence-corrected chi connectivity index (χ4v) is 5.81. The molecule has 2 aromatic carbocycles. The van der Waals surface area contributed by atoms with E-state index in [9.17, 15) is 14.9 Å². The van der Waals surface area contributed by atoms with E-state index in [2.05, 4.69) is 35.9 Å². The highest BCUT2D eigenvalue weighted by Gasteiger charge is 2.35. The number of nitrogens with zero attached hydrogens (tertiary/aromatic N) is 1. The molecule has 3 N–H and O–H groups in total. The van der Waals surface area contributed by atoms with Gasteiger partial charge in [-0.15, -0.1) is 11.3 Å². The van der Waals surface area contributed by atoms with Gasteiger partial charge in [-0.2, -0.15) is 5.26 Å². The number of carbonyl (C=O) groups excluding carboxylic acids is 2. The van der Waals surface area contributed by atoms with Crippen LogP contribution in [0.2, 0.25) is 0 Å². The number of nitrogens with one attached hydrogen (secondary N) is 3. The molecular weight excluding hydrogens is 500 g/mol. The summed E-state index contributed by atoms with van der Waals surface area (Å²) in [6.07, 6.45) is 0. The summed E-state index contributed by atoms with van der Waals surface area (Å²) < 4.78 is 0. The highest BCUT2D eigenvalue weighted by Crippen LogP contribution is 2.42. The van der Waals surface area contributed by atoms with Gasteiger partial charge in [0, 0.05) is 27.5 Å². The number of allylic oxidation sites excluding steroid dienone is 2. The number of para-hydroxylation sites is 1. The van der Waals surface area contributed by atoms with Crippen molar-refractivity contribution in [2.75, 3.05) is 16.4 Å². The Labute approximate surface area is 225 Å². The zero-order valence-corrected chi connectivity index (χ0v) is 22.5. The molecule has 3 aromatic rings. The van der Waals surface area contributed by atoms with Crippen molar-refractivity contribution in [1.82, 2.24) is 5.32 Å². The van der Waals surface area contributed by atoms with Gasteiger partial charge in [0.05, 0.1) is 28.3 Å². The van der Waals surface area contributed by atoms with Crippen LogP contribution in [0.15, 0.2) is 94.0 Å². The summed E-state index contributed by atoms with van der Waals surface area (Å²) in [4.78, 5) is 27.0. The first kappa shape index (κ1) is 26.3. The Morgan fingerprint density at radius 3 is 2.35 bits per heavy atom. The average molecular weight is 529 g/mol. The zero-order chi connectivity index (χ0) is 26.4.